The molecule has 2 aliphatic rings. The Hall–Kier alpha value is -2.40. The topological polar surface area (TPSA) is 99.3 Å². The molecule has 0 radical (unpaired) electrons. The Bertz CT molecular complexity index is 904. The highest BCUT2D eigenvalue weighted by atomic mass is 32.2. The van der Waals surface area contributed by atoms with Gasteiger partial charge in [0, 0.05) is 45.0 Å². The van der Waals surface area contributed by atoms with E-state index in [4.69, 9.17) is 4.74 Å². The Morgan fingerprint density at radius 1 is 1.10 bits per heavy atom. The minimum Gasteiger partial charge on any atom is -0.444 e. The van der Waals surface area contributed by atoms with Crippen molar-refractivity contribution in [1.82, 2.24) is 14.1 Å². The van der Waals surface area contributed by atoms with E-state index in [9.17, 15) is 22.4 Å². The highest BCUT2D eigenvalue weighted by Gasteiger charge is 2.44. The van der Waals surface area contributed by atoms with Crippen LogP contribution >= 0.6 is 0 Å². The second-order valence-electron chi connectivity index (χ2n) is 8.38. The fourth-order valence-corrected chi connectivity index (χ4v) is 5.05. The van der Waals surface area contributed by atoms with Crippen LogP contribution in [0.25, 0.3) is 0 Å². The molecule has 0 bridgehead atoms. The molecular formula is C19H27FN4O5S. The van der Waals surface area contributed by atoms with Crippen LogP contribution in [0.5, 0.6) is 0 Å². The molecule has 0 aromatic heterocycles. The molecule has 2 saturated heterocycles. The smallest absolute Gasteiger partial charge is 0.410 e. The van der Waals surface area contributed by atoms with Gasteiger partial charge in [0.2, 0.25) is 10.0 Å². The van der Waals surface area contributed by atoms with Crippen LogP contribution in [0.4, 0.5) is 19.7 Å². The van der Waals surface area contributed by atoms with Crippen molar-refractivity contribution < 1.29 is 27.1 Å². The summed E-state index contributed by atoms with van der Waals surface area (Å²) in [4.78, 5) is 27.2. The second kappa shape index (κ2) is 8.38. The van der Waals surface area contributed by atoms with E-state index in [0.29, 0.717) is 5.69 Å². The predicted octanol–water partition coefficient (Wildman–Crippen LogP) is 1.92. The van der Waals surface area contributed by atoms with Crippen LogP contribution in [0.1, 0.15) is 20.8 Å². The monoisotopic (exact) mass is 442 g/mol. The van der Waals surface area contributed by atoms with Gasteiger partial charge in [-0.05, 0) is 39.0 Å². The first-order valence-electron chi connectivity index (χ1n) is 9.74. The van der Waals surface area contributed by atoms with Gasteiger partial charge in [0.15, 0.2) is 0 Å². The number of carbonyl (C=O) groups is 2. The van der Waals surface area contributed by atoms with Crippen LogP contribution in [0.15, 0.2) is 24.3 Å². The number of anilines is 1. The molecule has 0 unspecified atom stereocenters. The fourth-order valence-electron chi connectivity index (χ4n) is 3.22. The van der Waals surface area contributed by atoms with Crippen molar-refractivity contribution in [2.75, 3.05) is 44.6 Å². The average Bonchev–Trinajstić information content (AvgIpc) is 2.59. The predicted molar refractivity (Wildman–Crippen MR) is 109 cm³/mol. The number of nitrogens with zero attached hydrogens (tertiary/aromatic N) is 3. The lowest BCUT2D eigenvalue weighted by Crippen LogP contribution is -2.62. The highest BCUT2D eigenvalue weighted by molar-refractivity contribution is 7.89. The summed E-state index contributed by atoms with van der Waals surface area (Å²) in [5.41, 5.74) is -0.300. The molecule has 0 atom stereocenters. The molecule has 30 heavy (non-hydrogen) atoms. The number of urea groups is 1. The highest BCUT2D eigenvalue weighted by Crippen LogP contribution is 2.23. The number of benzene rings is 1. The minimum atomic E-state index is -3.58. The van der Waals surface area contributed by atoms with E-state index in [-0.39, 0.29) is 39.3 Å². The van der Waals surface area contributed by atoms with Crippen molar-refractivity contribution in [2.45, 2.75) is 31.6 Å². The van der Waals surface area contributed by atoms with Gasteiger partial charge < -0.3 is 19.9 Å². The second-order valence-corrected chi connectivity index (χ2v) is 10.6. The maximum absolute atomic E-state index is 13.2. The van der Waals surface area contributed by atoms with Crippen molar-refractivity contribution in [3.63, 3.8) is 0 Å². The molecule has 1 N–H and O–H groups in total. The summed E-state index contributed by atoms with van der Waals surface area (Å²) in [6.07, 6.45) is -0.455. The van der Waals surface area contributed by atoms with Crippen molar-refractivity contribution in [3.8, 4) is 0 Å². The Morgan fingerprint density at radius 3 is 2.30 bits per heavy atom. The number of halogens is 1. The van der Waals surface area contributed by atoms with Gasteiger partial charge in [-0.3, -0.25) is 0 Å². The number of likely N-dealkylation sites (tertiary alicyclic amines) is 1. The van der Waals surface area contributed by atoms with Gasteiger partial charge in [-0.25, -0.2) is 22.4 Å². The molecule has 3 rings (SSSR count). The molecule has 2 heterocycles. The van der Waals surface area contributed by atoms with Gasteiger partial charge in [0.25, 0.3) is 0 Å². The third-order valence-corrected chi connectivity index (χ3v) is 7.11. The fraction of sp³-hybridized carbons (Fsp3) is 0.579. The number of amides is 3. The van der Waals surface area contributed by atoms with Gasteiger partial charge in [-0.15, -0.1) is 0 Å². The molecule has 2 aliphatic heterocycles. The lowest BCUT2D eigenvalue weighted by molar-refractivity contribution is 0.0191. The summed E-state index contributed by atoms with van der Waals surface area (Å²) < 4.78 is 45.6. The molecule has 1 aromatic carbocycles. The van der Waals surface area contributed by atoms with Crippen LogP contribution in [0.2, 0.25) is 0 Å². The number of rotatable bonds is 3. The molecule has 0 spiro atoms. The summed E-state index contributed by atoms with van der Waals surface area (Å²) in [7, 11) is -3.58. The molecule has 166 valence electrons. The zero-order valence-electron chi connectivity index (χ0n) is 17.3. The molecule has 0 saturated carbocycles. The van der Waals surface area contributed by atoms with E-state index < -0.39 is 38.8 Å². The average molecular weight is 443 g/mol. The number of nitrogens with one attached hydrogen (secondary N) is 1. The normalized spacial score (nSPS) is 18.7. The molecule has 1 aromatic rings. The van der Waals surface area contributed by atoms with Crippen molar-refractivity contribution in [2.24, 2.45) is 0 Å². The minimum absolute atomic E-state index is 0.0652. The van der Waals surface area contributed by atoms with E-state index in [2.05, 4.69) is 5.32 Å². The maximum atomic E-state index is 13.2. The SMILES string of the molecule is CC(C)(C)OC(=O)N1CCN(S(=O)(=O)C2CN(C(=O)Nc3cccc(F)c3)C2)CC1. The maximum Gasteiger partial charge on any atom is 0.410 e. The summed E-state index contributed by atoms with van der Waals surface area (Å²) in [5, 5.41) is 1.86. The van der Waals surface area contributed by atoms with Crippen LogP contribution in [-0.4, -0.2) is 84.8 Å². The number of piperazine rings is 1. The summed E-state index contributed by atoms with van der Waals surface area (Å²) in [6.45, 7) is 6.34. The van der Waals surface area contributed by atoms with Crippen LogP contribution in [0, 0.1) is 5.82 Å². The van der Waals surface area contributed by atoms with Gasteiger partial charge >= 0.3 is 12.1 Å². The molecule has 11 heteroatoms. The van der Waals surface area contributed by atoms with Crippen molar-refractivity contribution >= 4 is 27.8 Å². The number of ether oxygens (including phenoxy) is 1. The van der Waals surface area contributed by atoms with Crippen LogP contribution < -0.4 is 5.32 Å². The van der Waals surface area contributed by atoms with Crippen molar-refractivity contribution in [3.05, 3.63) is 30.1 Å². The van der Waals surface area contributed by atoms with E-state index >= 15 is 0 Å². The molecule has 0 aliphatic carbocycles. The number of sulfonamides is 1. The Labute approximate surface area is 175 Å². The third-order valence-electron chi connectivity index (χ3n) is 4.88. The summed E-state index contributed by atoms with van der Waals surface area (Å²) >= 11 is 0. The zero-order chi connectivity index (χ0) is 22.1. The Kier molecular flexibility index (Phi) is 6.23. The van der Waals surface area contributed by atoms with Crippen LogP contribution in [-0.2, 0) is 14.8 Å². The van der Waals surface area contributed by atoms with E-state index in [1.807, 2.05) is 0 Å². The zero-order valence-corrected chi connectivity index (χ0v) is 18.1. The van der Waals surface area contributed by atoms with Gasteiger partial charge in [0.05, 0.1) is 0 Å². The number of hydrogen-bond donors (Lipinski definition) is 1. The van der Waals surface area contributed by atoms with Gasteiger partial charge in [0.1, 0.15) is 16.7 Å². The first-order chi connectivity index (χ1) is 14.0. The van der Waals surface area contributed by atoms with E-state index in [1.54, 1.807) is 26.8 Å². The number of carbonyl (C=O) groups excluding carboxylic acids is 2. The standard InChI is InChI=1S/C19H27FN4O5S/c1-19(2,3)29-18(26)22-7-9-24(10-8-22)30(27,28)16-12-23(13-16)17(25)21-15-6-4-5-14(20)11-15/h4-6,11,16H,7-10,12-13H2,1-3H3,(H,21,25). The quantitative estimate of drug-likeness (QED) is 0.771. The molecule has 3 amide bonds. The van der Waals surface area contributed by atoms with Crippen molar-refractivity contribution in [1.29, 1.82) is 0 Å². The number of hydrogen-bond acceptors (Lipinski definition) is 5. The molecular weight excluding hydrogens is 415 g/mol. The largest absolute Gasteiger partial charge is 0.444 e. The molecule has 2 fully saturated rings. The van der Waals surface area contributed by atoms with E-state index in [0.717, 1.165) is 0 Å². The van der Waals surface area contributed by atoms with Crippen LogP contribution in [0.3, 0.4) is 0 Å². The third kappa shape index (κ3) is 5.20. The summed E-state index contributed by atoms with van der Waals surface area (Å²) in [5.74, 6) is -0.470. The lowest BCUT2D eigenvalue weighted by atomic mass is 10.2. The Balaban J connectivity index is 1.48. The first-order valence-corrected chi connectivity index (χ1v) is 11.2. The first kappa shape index (κ1) is 22.3. The Morgan fingerprint density at radius 2 is 1.73 bits per heavy atom. The lowest BCUT2D eigenvalue weighted by Gasteiger charge is -2.42. The summed E-state index contributed by atoms with van der Waals surface area (Å²) in [6, 6.07) is 5.02. The van der Waals surface area contributed by atoms with E-state index in [1.165, 1.54) is 32.3 Å². The van der Waals surface area contributed by atoms with Gasteiger partial charge in [-0.1, -0.05) is 6.07 Å². The van der Waals surface area contributed by atoms with Gasteiger partial charge in [-0.2, -0.15) is 4.31 Å². The molecule has 9 nitrogen and oxygen atoms in total.